The molecule has 0 saturated carbocycles. The number of hydrogen-bond donors (Lipinski definition) is 1. The average molecular weight is 253 g/mol. The molecule has 1 aliphatic heterocycles. The van der Waals surface area contributed by atoms with Crippen LogP contribution in [0.3, 0.4) is 0 Å². The Bertz CT molecular complexity index is 364. The van der Waals surface area contributed by atoms with Gasteiger partial charge in [-0.05, 0) is 37.5 Å². The predicted molar refractivity (Wildman–Crippen MR) is 71.7 cm³/mol. The quantitative estimate of drug-likeness (QED) is 0.662. The Labute approximate surface area is 107 Å². The summed E-state index contributed by atoms with van der Waals surface area (Å²) in [5, 5.41) is 0. The molecule has 4 heteroatoms. The molecule has 94 valence electrons. The van der Waals surface area contributed by atoms with Gasteiger partial charge in [-0.25, -0.2) is 0 Å². The van der Waals surface area contributed by atoms with Crippen LogP contribution >= 0.6 is 11.8 Å². The third-order valence-corrected chi connectivity index (χ3v) is 4.12. The number of hydrogen-bond acceptors (Lipinski definition) is 4. The number of nitrogen functional groups attached to an aromatic ring is 1. The Kier molecular flexibility index (Phi) is 4.57. The van der Waals surface area contributed by atoms with Gasteiger partial charge in [0, 0.05) is 22.9 Å². The molecule has 1 heterocycles. The molecule has 0 aliphatic carbocycles. The normalized spacial score (nSPS) is 20.2. The molecule has 1 aromatic carbocycles. The lowest BCUT2D eigenvalue weighted by Gasteiger charge is -2.22. The maximum absolute atomic E-state index is 5.94. The Morgan fingerprint density at radius 1 is 1.47 bits per heavy atom. The molecule has 1 unspecified atom stereocenters. The molecule has 1 atom stereocenters. The molecular weight excluding hydrogens is 234 g/mol. The molecule has 3 nitrogen and oxygen atoms in total. The van der Waals surface area contributed by atoms with Gasteiger partial charge in [0.1, 0.15) is 5.75 Å². The second-order valence-corrected chi connectivity index (χ2v) is 5.27. The molecule has 0 radical (unpaired) electrons. The van der Waals surface area contributed by atoms with Gasteiger partial charge in [-0.1, -0.05) is 0 Å². The zero-order valence-electron chi connectivity index (χ0n) is 10.1. The molecule has 2 N–H and O–H groups in total. The van der Waals surface area contributed by atoms with Crippen molar-refractivity contribution in [1.82, 2.24) is 0 Å². The molecule has 0 bridgehead atoms. The van der Waals surface area contributed by atoms with Crippen molar-refractivity contribution in [3.8, 4) is 5.75 Å². The monoisotopic (exact) mass is 253 g/mol. The van der Waals surface area contributed by atoms with Crippen LogP contribution in [-0.2, 0) is 4.74 Å². The third kappa shape index (κ3) is 3.54. The number of methoxy groups -OCH3 is 1. The number of anilines is 1. The standard InChI is InChI=1S/C13H19NO2S/c1-15-10-5-6-12(14)13(8-10)17-9-11-4-2-3-7-16-11/h5-6,8,11H,2-4,7,9,14H2,1H3. The van der Waals surface area contributed by atoms with Gasteiger partial charge in [-0.3, -0.25) is 0 Å². The summed E-state index contributed by atoms with van der Waals surface area (Å²) in [6.07, 6.45) is 4.01. The Morgan fingerprint density at radius 2 is 2.35 bits per heavy atom. The first-order valence-electron chi connectivity index (χ1n) is 5.97. The van der Waals surface area contributed by atoms with Gasteiger partial charge in [0.2, 0.25) is 0 Å². The number of nitrogens with two attached hydrogens (primary N) is 1. The highest BCUT2D eigenvalue weighted by Gasteiger charge is 2.14. The molecule has 17 heavy (non-hydrogen) atoms. The SMILES string of the molecule is COc1ccc(N)c(SCC2CCCCO2)c1. The van der Waals surface area contributed by atoms with Crippen molar-refractivity contribution in [3.05, 3.63) is 18.2 Å². The fraction of sp³-hybridized carbons (Fsp3) is 0.538. The lowest BCUT2D eigenvalue weighted by atomic mass is 10.1. The molecule has 1 saturated heterocycles. The van der Waals surface area contributed by atoms with E-state index in [0.29, 0.717) is 6.10 Å². The number of benzene rings is 1. The summed E-state index contributed by atoms with van der Waals surface area (Å²) >= 11 is 1.75. The Balaban J connectivity index is 1.92. The lowest BCUT2D eigenvalue weighted by Crippen LogP contribution is -2.21. The number of rotatable bonds is 4. The van der Waals surface area contributed by atoms with E-state index in [4.69, 9.17) is 15.2 Å². The minimum atomic E-state index is 0.374. The Morgan fingerprint density at radius 3 is 3.06 bits per heavy atom. The van der Waals surface area contributed by atoms with E-state index in [2.05, 4.69) is 0 Å². The fourth-order valence-electron chi connectivity index (χ4n) is 1.89. The summed E-state index contributed by atoms with van der Waals surface area (Å²) in [7, 11) is 1.67. The van der Waals surface area contributed by atoms with Gasteiger partial charge < -0.3 is 15.2 Å². The molecule has 2 rings (SSSR count). The van der Waals surface area contributed by atoms with E-state index in [1.165, 1.54) is 12.8 Å². The Hall–Kier alpha value is -0.870. The van der Waals surface area contributed by atoms with E-state index < -0.39 is 0 Å². The second-order valence-electron chi connectivity index (χ2n) is 4.20. The van der Waals surface area contributed by atoms with Crippen LogP contribution in [0.2, 0.25) is 0 Å². The molecule has 1 aliphatic rings. The predicted octanol–water partition coefficient (Wildman–Crippen LogP) is 2.94. The van der Waals surface area contributed by atoms with Crippen molar-refractivity contribution >= 4 is 17.4 Å². The van der Waals surface area contributed by atoms with Crippen molar-refractivity contribution in [2.24, 2.45) is 0 Å². The lowest BCUT2D eigenvalue weighted by molar-refractivity contribution is 0.0315. The van der Waals surface area contributed by atoms with Crippen molar-refractivity contribution < 1.29 is 9.47 Å². The minimum absolute atomic E-state index is 0.374. The van der Waals surface area contributed by atoms with Crippen LogP contribution in [0, 0.1) is 0 Å². The van der Waals surface area contributed by atoms with Crippen LogP contribution in [0.5, 0.6) is 5.75 Å². The summed E-state index contributed by atoms with van der Waals surface area (Å²) in [4.78, 5) is 1.08. The van der Waals surface area contributed by atoms with E-state index in [-0.39, 0.29) is 0 Å². The summed E-state index contributed by atoms with van der Waals surface area (Å²) in [5.74, 6) is 1.82. The molecule has 1 fully saturated rings. The summed E-state index contributed by atoms with van der Waals surface area (Å²) in [6, 6.07) is 5.77. The molecule has 0 aromatic heterocycles. The smallest absolute Gasteiger partial charge is 0.120 e. The molecular formula is C13H19NO2S. The highest BCUT2D eigenvalue weighted by Crippen LogP contribution is 2.31. The van der Waals surface area contributed by atoms with Gasteiger partial charge in [0.05, 0.1) is 13.2 Å². The maximum Gasteiger partial charge on any atom is 0.120 e. The van der Waals surface area contributed by atoms with Crippen LogP contribution in [0.15, 0.2) is 23.1 Å². The van der Waals surface area contributed by atoms with Crippen LogP contribution in [0.1, 0.15) is 19.3 Å². The van der Waals surface area contributed by atoms with E-state index in [0.717, 1.165) is 35.1 Å². The summed E-state index contributed by atoms with van der Waals surface area (Å²) in [6.45, 7) is 0.902. The van der Waals surface area contributed by atoms with Crippen LogP contribution in [-0.4, -0.2) is 25.6 Å². The molecule has 1 aromatic rings. The zero-order valence-corrected chi connectivity index (χ0v) is 11.0. The van der Waals surface area contributed by atoms with Gasteiger partial charge in [-0.15, -0.1) is 11.8 Å². The van der Waals surface area contributed by atoms with Crippen LogP contribution in [0.25, 0.3) is 0 Å². The third-order valence-electron chi connectivity index (χ3n) is 2.92. The highest BCUT2D eigenvalue weighted by atomic mass is 32.2. The minimum Gasteiger partial charge on any atom is -0.497 e. The van der Waals surface area contributed by atoms with E-state index in [1.54, 1.807) is 18.9 Å². The maximum atomic E-state index is 5.94. The van der Waals surface area contributed by atoms with E-state index in [1.807, 2.05) is 18.2 Å². The van der Waals surface area contributed by atoms with E-state index >= 15 is 0 Å². The molecule has 0 amide bonds. The average Bonchev–Trinajstić information content (AvgIpc) is 2.39. The first kappa shape index (κ1) is 12.6. The van der Waals surface area contributed by atoms with Crippen molar-refractivity contribution in [2.45, 2.75) is 30.3 Å². The number of thioether (sulfide) groups is 1. The van der Waals surface area contributed by atoms with Crippen molar-refractivity contribution in [3.63, 3.8) is 0 Å². The van der Waals surface area contributed by atoms with Crippen LogP contribution < -0.4 is 10.5 Å². The molecule has 0 spiro atoms. The first-order chi connectivity index (χ1) is 8.29. The van der Waals surface area contributed by atoms with Crippen LogP contribution in [0.4, 0.5) is 5.69 Å². The summed E-state index contributed by atoms with van der Waals surface area (Å²) in [5.41, 5.74) is 6.75. The van der Waals surface area contributed by atoms with Gasteiger partial charge in [-0.2, -0.15) is 0 Å². The first-order valence-corrected chi connectivity index (χ1v) is 6.96. The van der Waals surface area contributed by atoms with Crippen molar-refractivity contribution in [1.29, 1.82) is 0 Å². The van der Waals surface area contributed by atoms with Crippen molar-refractivity contribution in [2.75, 3.05) is 25.2 Å². The van der Waals surface area contributed by atoms with Gasteiger partial charge >= 0.3 is 0 Å². The highest BCUT2D eigenvalue weighted by molar-refractivity contribution is 7.99. The van der Waals surface area contributed by atoms with E-state index in [9.17, 15) is 0 Å². The summed E-state index contributed by atoms with van der Waals surface area (Å²) < 4.78 is 10.9. The number of ether oxygens (including phenoxy) is 2. The fourth-order valence-corrected chi connectivity index (χ4v) is 2.95. The zero-order chi connectivity index (χ0) is 12.1. The largest absolute Gasteiger partial charge is 0.497 e. The van der Waals surface area contributed by atoms with Gasteiger partial charge in [0.25, 0.3) is 0 Å². The topological polar surface area (TPSA) is 44.5 Å². The van der Waals surface area contributed by atoms with Gasteiger partial charge in [0.15, 0.2) is 0 Å². The second kappa shape index (κ2) is 6.17.